The average molecular weight is 527 g/mol. The summed E-state index contributed by atoms with van der Waals surface area (Å²) in [4.78, 5) is 0. The maximum absolute atomic E-state index is 3.36. The van der Waals surface area contributed by atoms with E-state index in [0.29, 0.717) is 0 Å². The van der Waals surface area contributed by atoms with Gasteiger partial charge in [-0.05, 0) is 66.6 Å². The lowest BCUT2D eigenvalue weighted by molar-refractivity contribution is 1.17. The van der Waals surface area contributed by atoms with Crippen LogP contribution in [0.25, 0.3) is 66.1 Å². The van der Waals surface area contributed by atoms with Crippen LogP contribution in [0.2, 0.25) is 0 Å². The predicted molar refractivity (Wildman–Crippen MR) is 176 cm³/mol. The highest BCUT2D eigenvalue weighted by atomic mass is 15.0. The summed E-state index contributed by atoms with van der Waals surface area (Å²) in [7, 11) is 0. The molecule has 0 bridgehead atoms. The van der Waals surface area contributed by atoms with E-state index in [4.69, 9.17) is 0 Å². The van der Waals surface area contributed by atoms with Crippen LogP contribution in [0.1, 0.15) is 6.92 Å². The Kier molecular flexibility index (Phi) is 6.22. The number of hydrogen-bond donors (Lipinski definition) is 0. The van der Waals surface area contributed by atoms with Crippen molar-refractivity contribution < 1.29 is 0 Å². The molecule has 0 saturated heterocycles. The van der Waals surface area contributed by atoms with Crippen molar-refractivity contribution in [2.45, 2.75) is 6.92 Å². The topological polar surface area (TPSA) is 9.86 Å². The van der Waals surface area contributed by atoms with E-state index in [9.17, 15) is 0 Å². The Labute approximate surface area is 240 Å². The molecule has 6 aromatic carbocycles. The molecule has 0 spiro atoms. The summed E-state index contributed by atoms with van der Waals surface area (Å²) in [6, 6.07) is 52.5. The zero-order valence-electron chi connectivity index (χ0n) is 23.0. The van der Waals surface area contributed by atoms with Crippen molar-refractivity contribution in [1.29, 1.82) is 0 Å². The van der Waals surface area contributed by atoms with E-state index in [0.717, 1.165) is 0 Å². The second-order valence-electron chi connectivity index (χ2n) is 10.2. The van der Waals surface area contributed by atoms with E-state index in [1.54, 1.807) is 6.08 Å². The monoisotopic (exact) mass is 526 g/mol. The molecule has 0 aliphatic rings. The van der Waals surface area contributed by atoms with Gasteiger partial charge < -0.3 is 9.13 Å². The highest BCUT2D eigenvalue weighted by Crippen LogP contribution is 2.35. The lowest BCUT2D eigenvalue weighted by atomic mass is 10.0. The van der Waals surface area contributed by atoms with Gasteiger partial charge in [-0.3, -0.25) is 0 Å². The molecule has 0 amide bonds. The van der Waals surface area contributed by atoms with Crippen molar-refractivity contribution in [3.8, 4) is 22.5 Å². The van der Waals surface area contributed by atoms with E-state index in [1.165, 1.54) is 66.1 Å². The molecule has 0 N–H and O–H groups in total. The summed E-state index contributed by atoms with van der Waals surface area (Å²) in [5, 5.41) is 5.12. The van der Waals surface area contributed by atoms with Crippen LogP contribution in [-0.2, 0) is 0 Å². The minimum atomic E-state index is 1.17. The summed E-state index contributed by atoms with van der Waals surface area (Å²) >= 11 is 0. The van der Waals surface area contributed by atoms with Crippen molar-refractivity contribution >= 4 is 43.6 Å². The lowest BCUT2D eigenvalue weighted by Gasteiger charge is -2.12. The maximum atomic E-state index is 3.36. The summed E-state index contributed by atoms with van der Waals surface area (Å²) in [5.41, 5.74) is 9.65. The van der Waals surface area contributed by atoms with Crippen LogP contribution < -0.4 is 0 Å². The number of benzene rings is 6. The van der Waals surface area contributed by atoms with E-state index < -0.39 is 0 Å². The Morgan fingerprint density at radius 2 is 0.707 bits per heavy atom. The first-order valence-electron chi connectivity index (χ1n) is 14.0. The Bertz CT molecular complexity index is 1930. The van der Waals surface area contributed by atoms with Crippen molar-refractivity contribution in [2.75, 3.05) is 0 Å². The van der Waals surface area contributed by atoms with Gasteiger partial charge in [0.15, 0.2) is 0 Å². The molecular formula is C39H30N2. The maximum Gasteiger partial charge on any atom is 0.0541 e. The summed E-state index contributed by atoms with van der Waals surface area (Å²) in [6.45, 7) is 5.25. The smallest absolute Gasteiger partial charge is 0.0541 e. The number of fused-ring (bicyclic) bond motifs is 6. The first kappa shape index (κ1) is 24.7. The third-order valence-electron chi connectivity index (χ3n) is 7.70. The minimum Gasteiger partial charge on any atom is -0.309 e. The quantitative estimate of drug-likeness (QED) is 0.203. The molecule has 196 valence electrons. The molecule has 0 radical (unpaired) electrons. The van der Waals surface area contributed by atoms with Crippen LogP contribution in [0.4, 0.5) is 0 Å². The molecule has 0 aliphatic carbocycles. The molecule has 2 heterocycles. The standard InChI is InChI=1S/C36H24N2.C3H6/c1-5-19-33-29(15-1)30-16-2-6-20-34(30)37(33)27-13-9-11-25(23-27)26-12-10-14-28(24-26)38-35-21-7-3-17-31(35)32-18-4-8-22-36(32)38;1-3-2/h1-24H;3H,1H2,2H3. The molecule has 2 heteroatoms. The molecule has 0 atom stereocenters. The molecule has 0 aliphatic heterocycles. The Morgan fingerprint density at radius 3 is 1.02 bits per heavy atom. The van der Waals surface area contributed by atoms with Gasteiger partial charge in [0, 0.05) is 32.9 Å². The fourth-order valence-corrected chi connectivity index (χ4v) is 6.05. The molecule has 41 heavy (non-hydrogen) atoms. The molecule has 8 aromatic rings. The summed E-state index contributed by atoms with van der Waals surface area (Å²) in [5.74, 6) is 0. The van der Waals surface area contributed by atoms with Crippen molar-refractivity contribution in [2.24, 2.45) is 0 Å². The van der Waals surface area contributed by atoms with Gasteiger partial charge in [-0.1, -0.05) is 103 Å². The van der Waals surface area contributed by atoms with Crippen LogP contribution in [-0.4, -0.2) is 9.13 Å². The fourth-order valence-electron chi connectivity index (χ4n) is 6.05. The number of rotatable bonds is 3. The third-order valence-corrected chi connectivity index (χ3v) is 7.70. The molecule has 8 rings (SSSR count). The Morgan fingerprint density at radius 1 is 0.415 bits per heavy atom. The van der Waals surface area contributed by atoms with Crippen LogP contribution in [0, 0.1) is 0 Å². The van der Waals surface area contributed by atoms with Crippen LogP contribution in [0.3, 0.4) is 0 Å². The van der Waals surface area contributed by atoms with Crippen molar-refractivity contribution in [1.82, 2.24) is 9.13 Å². The van der Waals surface area contributed by atoms with Gasteiger partial charge >= 0.3 is 0 Å². The zero-order chi connectivity index (χ0) is 27.8. The molecule has 0 unspecified atom stereocenters. The molecular weight excluding hydrogens is 496 g/mol. The molecule has 0 saturated carbocycles. The van der Waals surface area contributed by atoms with Gasteiger partial charge in [0.05, 0.1) is 22.1 Å². The number of hydrogen-bond acceptors (Lipinski definition) is 0. The number of nitrogens with zero attached hydrogens (tertiary/aromatic N) is 2. The number of para-hydroxylation sites is 4. The lowest BCUT2D eigenvalue weighted by Crippen LogP contribution is -1.95. The average Bonchev–Trinajstić information content (AvgIpc) is 3.55. The van der Waals surface area contributed by atoms with Crippen LogP contribution in [0.5, 0.6) is 0 Å². The van der Waals surface area contributed by atoms with Crippen molar-refractivity contribution in [3.63, 3.8) is 0 Å². The van der Waals surface area contributed by atoms with Crippen molar-refractivity contribution in [3.05, 3.63) is 158 Å². The SMILES string of the molecule is C=CC.c1cc(-c2cccc(-n3c4ccccc4c4ccccc43)c2)cc(-n2c3ccccc3c3ccccc32)c1. The van der Waals surface area contributed by atoms with E-state index in [2.05, 4.69) is 161 Å². The largest absolute Gasteiger partial charge is 0.309 e. The second-order valence-corrected chi connectivity index (χ2v) is 10.2. The number of allylic oxidation sites excluding steroid dienone is 1. The van der Waals surface area contributed by atoms with Gasteiger partial charge in [-0.15, -0.1) is 6.58 Å². The normalized spacial score (nSPS) is 11.1. The second kappa shape index (κ2) is 10.3. The highest BCUT2D eigenvalue weighted by Gasteiger charge is 2.14. The Hall–Kier alpha value is -5.34. The minimum absolute atomic E-state index is 1.17. The Balaban J connectivity index is 0.000000884. The van der Waals surface area contributed by atoms with Crippen LogP contribution >= 0.6 is 0 Å². The molecule has 0 fully saturated rings. The third kappa shape index (κ3) is 4.13. The van der Waals surface area contributed by atoms with Gasteiger partial charge in [0.25, 0.3) is 0 Å². The van der Waals surface area contributed by atoms with Gasteiger partial charge in [-0.25, -0.2) is 0 Å². The predicted octanol–water partition coefficient (Wildman–Crippen LogP) is 10.7. The van der Waals surface area contributed by atoms with E-state index in [1.807, 2.05) is 6.92 Å². The molecule has 2 aromatic heterocycles. The summed E-state index contributed by atoms with van der Waals surface area (Å²) in [6.07, 6.45) is 1.75. The summed E-state index contributed by atoms with van der Waals surface area (Å²) < 4.78 is 4.76. The van der Waals surface area contributed by atoms with Gasteiger partial charge in [0.1, 0.15) is 0 Å². The van der Waals surface area contributed by atoms with Crippen LogP contribution in [0.15, 0.2) is 158 Å². The zero-order valence-corrected chi connectivity index (χ0v) is 23.0. The number of aromatic nitrogens is 2. The van der Waals surface area contributed by atoms with Gasteiger partial charge in [0.2, 0.25) is 0 Å². The highest BCUT2D eigenvalue weighted by molar-refractivity contribution is 6.10. The molecule has 2 nitrogen and oxygen atoms in total. The first-order valence-corrected chi connectivity index (χ1v) is 14.0. The van der Waals surface area contributed by atoms with E-state index >= 15 is 0 Å². The van der Waals surface area contributed by atoms with Gasteiger partial charge in [-0.2, -0.15) is 0 Å². The first-order chi connectivity index (χ1) is 20.3. The fraction of sp³-hybridized carbons (Fsp3) is 0.0256. The van der Waals surface area contributed by atoms with E-state index in [-0.39, 0.29) is 0 Å².